The van der Waals surface area contributed by atoms with Crippen molar-refractivity contribution in [3.8, 4) is 0 Å². The summed E-state index contributed by atoms with van der Waals surface area (Å²) in [6.45, 7) is 5.62. The molecule has 1 unspecified atom stereocenters. The van der Waals surface area contributed by atoms with Crippen LogP contribution in [0.1, 0.15) is 13.8 Å². The lowest BCUT2D eigenvalue weighted by Crippen LogP contribution is -2.49. The Morgan fingerprint density at radius 2 is 2.40 bits per heavy atom. The van der Waals surface area contributed by atoms with Gasteiger partial charge in [-0.15, -0.1) is 0 Å². The molecule has 1 atom stereocenters. The van der Waals surface area contributed by atoms with Crippen molar-refractivity contribution in [1.29, 1.82) is 0 Å². The molecule has 0 amide bonds. The van der Waals surface area contributed by atoms with E-state index in [0.29, 0.717) is 19.8 Å². The molecule has 1 fully saturated rings. The van der Waals surface area contributed by atoms with Crippen molar-refractivity contribution >= 4 is 5.97 Å². The number of ether oxygens (including phenoxy) is 2. The molecule has 0 aromatic heterocycles. The topological polar surface area (TPSA) is 59.0 Å². The van der Waals surface area contributed by atoms with Crippen LogP contribution in [0.4, 0.5) is 0 Å². The Labute approximate surface area is 90.0 Å². The van der Waals surface area contributed by atoms with Gasteiger partial charge in [0.05, 0.1) is 38.5 Å². The molecule has 88 valence electrons. The molecule has 0 spiro atoms. The summed E-state index contributed by atoms with van der Waals surface area (Å²) in [6.07, 6.45) is -0.0916. The number of hydrogen-bond acceptors (Lipinski definition) is 5. The van der Waals surface area contributed by atoms with Crippen LogP contribution in [0.5, 0.6) is 0 Å². The molecule has 5 heteroatoms. The Morgan fingerprint density at radius 3 is 3.00 bits per heavy atom. The standard InChI is InChI=1S/C10H19NO4/c1-8(2)15-10(13)5-11-3-4-14-7-9(11)6-12/h8-9,12H,3-7H2,1-2H3. The van der Waals surface area contributed by atoms with E-state index < -0.39 is 0 Å². The van der Waals surface area contributed by atoms with Crippen molar-refractivity contribution in [2.24, 2.45) is 0 Å². The van der Waals surface area contributed by atoms with Gasteiger partial charge >= 0.3 is 5.97 Å². The summed E-state index contributed by atoms with van der Waals surface area (Å²) in [5.74, 6) is -0.245. The molecule has 1 saturated heterocycles. The highest BCUT2D eigenvalue weighted by atomic mass is 16.5. The summed E-state index contributed by atoms with van der Waals surface area (Å²) in [4.78, 5) is 13.3. The highest BCUT2D eigenvalue weighted by molar-refractivity contribution is 5.71. The number of carbonyl (C=O) groups excluding carboxylic acids is 1. The third-order valence-corrected chi connectivity index (χ3v) is 2.26. The highest BCUT2D eigenvalue weighted by Crippen LogP contribution is 2.06. The summed E-state index contributed by atoms with van der Waals surface area (Å²) >= 11 is 0. The van der Waals surface area contributed by atoms with Crippen molar-refractivity contribution in [1.82, 2.24) is 4.90 Å². The van der Waals surface area contributed by atoms with Crippen LogP contribution in [-0.2, 0) is 14.3 Å². The quantitative estimate of drug-likeness (QED) is 0.651. The maximum atomic E-state index is 11.4. The second kappa shape index (κ2) is 6.05. The lowest BCUT2D eigenvalue weighted by molar-refractivity contribution is -0.151. The summed E-state index contributed by atoms with van der Waals surface area (Å²) < 4.78 is 10.3. The molecule has 1 heterocycles. The second-order valence-corrected chi connectivity index (χ2v) is 3.92. The van der Waals surface area contributed by atoms with Gasteiger partial charge < -0.3 is 14.6 Å². The van der Waals surface area contributed by atoms with Crippen LogP contribution in [0.15, 0.2) is 0 Å². The van der Waals surface area contributed by atoms with E-state index in [1.54, 1.807) is 0 Å². The van der Waals surface area contributed by atoms with Gasteiger partial charge in [-0.25, -0.2) is 0 Å². The average molecular weight is 217 g/mol. The smallest absolute Gasteiger partial charge is 0.320 e. The predicted molar refractivity (Wildman–Crippen MR) is 54.5 cm³/mol. The zero-order valence-corrected chi connectivity index (χ0v) is 9.31. The first-order valence-electron chi connectivity index (χ1n) is 5.25. The van der Waals surface area contributed by atoms with Crippen LogP contribution >= 0.6 is 0 Å². The molecule has 0 aromatic rings. The highest BCUT2D eigenvalue weighted by Gasteiger charge is 2.24. The zero-order valence-electron chi connectivity index (χ0n) is 9.31. The molecule has 0 aliphatic carbocycles. The molecule has 0 saturated carbocycles. The number of aliphatic hydroxyl groups excluding tert-OH is 1. The Morgan fingerprint density at radius 1 is 1.67 bits per heavy atom. The van der Waals surface area contributed by atoms with Crippen molar-refractivity contribution in [2.45, 2.75) is 26.0 Å². The third kappa shape index (κ3) is 4.15. The molecular formula is C10H19NO4. The van der Waals surface area contributed by atoms with E-state index >= 15 is 0 Å². The minimum Gasteiger partial charge on any atom is -0.462 e. The van der Waals surface area contributed by atoms with Gasteiger partial charge in [0.15, 0.2) is 0 Å². The van der Waals surface area contributed by atoms with Crippen molar-refractivity contribution < 1.29 is 19.4 Å². The first-order valence-corrected chi connectivity index (χ1v) is 5.25. The Bertz CT molecular complexity index is 208. The van der Waals surface area contributed by atoms with Crippen LogP contribution in [0.25, 0.3) is 0 Å². The Hall–Kier alpha value is -0.650. The van der Waals surface area contributed by atoms with Crippen LogP contribution in [0, 0.1) is 0 Å². The third-order valence-electron chi connectivity index (χ3n) is 2.26. The van der Waals surface area contributed by atoms with Gasteiger partial charge in [-0.2, -0.15) is 0 Å². The average Bonchev–Trinajstić information content (AvgIpc) is 2.17. The zero-order chi connectivity index (χ0) is 11.3. The number of aliphatic hydroxyl groups is 1. The minimum atomic E-state index is -0.245. The fraction of sp³-hybridized carbons (Fsp3) is 0.900. The molecule has 0 radical (unpaired) electrons. The number of morpholine rings is 1. The van der Waals surface area contributed by atoms with Crippen LogP contribution in [0.3, 0.4) is 0 Å². The first-order chi connectivity index (χ1) is 7.13. The maximum Gasteiger partial charge on any atom is 0.320 e. The van der Waals surface area contributed by atoms with Gasteiger partial charge in [-0.05, 0) is 13.8 Å². The maximum absolute atomic E-state index is 11.4. The lowest BCUT2D eigenvalue weighted by Gasteiger charge is -2.33. The monoisotopic (exact) mass is 217 g/mol. The van der Waals surface area contributed by atoms with Crippen molar-refractivity contribution in [2.75, 3.05) is 32.9 Å². The molecule has 1 aliphatic rings. The fourth-order valence-corrected chi connectivity index (χ4v) is 1.53. The van der Waals surface area contributed by atoms with Crippen LogP contribution in [0.2, 0.25) is 0 Å². The van der Waals surface area contributed by atoms with Crippen molar-refractivity contribution in [3.05, 3.63) is 0 Å². The summed E-state index contributed by atoms with van der Waals surface area (Å²) in [7, 11) is 0. The molecule has 5 nitrogen and oxygen atoms in total. The SMILES string of the molecule is CC(C)OC(=O)CN1CCOCC1CO. The van der Waals surface area contributed by atoms with Gasteiger partial charge in [0.25, 0.3) is 0 Å². The molecular weight excluding hydrogens is 198 g/mol. The number of carbonyl (C=O) groups is 1. The number of rotatable bonds is 4. The molecule has 0 bridgehead atoms. The van der Waals surface area contributed by atoms with Crippen molar-refractivity contribution in [3.63, 3.8) is 0 Å². The summed E-state index contributed by atoms with van der Waals surface area (Å²) in [6, 6.07) is -0.0848. The van der Waals surface area contributed by atoms with E-state index in [-0.39, 0.29) is 31.3 Å². The lowest BCUT2D eigenvalue weighted by atomic mass is 10.2. The van der Waals surface area contributed by atoms with Gasteiger partial charge in [0, 0.05) is 6.54 Å². The van der Waals surface area contributed by atoms with E-state index in [0.717, 1.165) is 0 Å². The van der Waals surface area contributed by atoms with Crippen LogP contribution in [-0.4, -0.2) is 61.0 Å². The molecule has 1 N–H and O–H groups in total. The fourth-order valence-electron chi connectivity index (χ4n) is 1.53. The second-order valence-electron chi connectivity index (χ2n) is 3.92. The van der Waals surface area contributed by atoms with Gasteiger partial charge in [0.1, 0.15) is 0 Å². The van der Waals surface area contributed by atoms with E-state index in [1.807, 2.05) is 18.7 Å². The first kappa shape index (κ1) is 12.4. The summed E-state index contributed by atoms with van der Waals surface area (Å²) in [5.41, 5.74) is 0. The number of esters is 1. The molecule has 1 aliphatic heterocycles. The van der Waals surface area contributed by atoms with E-state index in [4.69, 9.17) is 14.6 Å². The van der Waals surface area contributed by atoms with Gasteiger partial charge in [-0.1, -0.05) is 0 Å². The predicted octanol–water partition coefficient (Wildman–Crippen LogP) is -0.369. The molecule has 0 aromatic carbocycles. The largest absolute Gasteiger partial charge is 0.462 e. The Kier molecular flexibility index (Phi) is 5.01. The van der Waals surface area contributed by atoms with Gasteiger partial charge in [-0.3, -0.25) is 9.69 Å². The summed E-state index contributed by atoms with van der Waals surface area (Å²) in [5, 5.41) is 9.08. The number of hydrogen-bond donors (Lipinski definition) is 1. The van der Waals surface area contributed by atoms with E-state index in [9.17, 15) is 4.79 Å². The minimum absolute atomic E-state index is 0.00889. The molecule has 15 heavy (non-hydrogen) atoms. The van der Waals surface area contributed by atoms with Gasteiger partial charge in [0.2, 0.25) is 0 Å². The molecule has 1 rings (SSSR count). The normalized spacial score (nSPS) is 23.1. The van der Waals surface area contributed by atoms with Crippen LogP contribution < -0.4 is 0 Å². The van der Waals surface area contributed by atoms with E-state index in [2.05, 4.69) is 0 Å². The number of nitrogens with zero attached hydrogens (tertiary/aromatic N) is 1. The Balaban J connectivity index is 2.37. The van der Waals surface area contributed by atoms with E-state index in [1.165, 1.54) is 0 Å².